The third kappa shape index (κ3) is 4.51. The maximum Gasteiger partial charge on any atom is 0.198 e. The van der Waals surface area contributed by atoms with E-state index in [1.165, 1.54) is 33.9 Å². The minimum Gasteiger partial charge on any atom is -0.496 e. The highest BCUT2D eigenvalue weighted by molar-refractivity contribution is 5.97. The van der Waals surface area contributed by atoms with E-state index in [0.717, 1.165) is 0 Å². The normalized spacial score (nSPS) is 10.8. The topological polar surface area (TPSA) is 88.1 Å². The van der Waals surface area contributed by atoms with Gasteiger partial charge < -0.3 is 23.0 Å². The molecule has 7 heteroatoms. The van der Waals surface area contributed by atoms with E-state index in [2.05, 4.69) is 0 Å². The van der Waals surface area contributed by atoms with Crippen LogP contribution in [-0.4, -0.2) is 32.9 Å². The Morgan fingerprint density at radius 3 is 1.66 bits per heavy atom. The minimum absolute atomic E-state index is 0.0268. The first-order valence-electron chi connectivity index (χ1n) is 9.00. The van der Waals surface area contributed by atoms with Gasteiger partial charge >= 0.3 is 0 Å². The Balaban J connectivity index is 2.02. The van der Waals surface area contributed by atoms with E-state index in [9.17, 15) is 9.59 Å². The number of ether oxygens (including phenoxy) is 3. The summed E-state index contributed by atoms with van der Waals surface area (Å²) in [6, 6.07) is 9.86. The van der Waals surface area contributed by atoms with E-state index < -0.39 is 5.92 Å². The molecule has 0 spiro atoms. The van der Waals surface area contributed by atoms with E-state index in [0.29, 0.717) is 22.8 Å². The highest BCUT2D eigenvalue weighted by atomic mass is 16.5. The zero-order chi connectivity index (χ0) is 20.8. The van der Waals surface area contributed by atoms with Gasteiger partial charge in [-0.2, -0.15) is 0 Å². The molecule has 1 aromatic carbocycles. The summed E-state index contributed by atoms with van der Waals surface area (Å²) in [5.41, 5.74) is 0.607. The number of methoxy groups -OCH3 is 3. The lowest BCUT2D eigenvalue weighted by atomic mass is 9.86. The van der Waals surface area contributed by atoms with Gasteiger partial charge in [0.25, 0.3) is 0 Å². The molecule has 0 saturated heterocycles. The molecule has 0 aliphatic carbocycles. The number of hydrogen-bond acceptors (Lipinski definition) is 7. The first-order chi connectivity index (χ1) is 14.1. The van der Waals surface area contributed by atoms with Gasteiger partial charge in [0.15, 0.2) is 23.1 Å². The molecule has 0 unspecified atom stereocenters. The van der Waals surface area contributed by atoms with E-state index in [1.54, 1.807) is 36.4 Å². The molecule has 29 heavy (non-hydrogen) atoms. The largest absolute Gasteiger partial charge is 0.496 e. The van der Waals surface area contributed by atoms with Crippen LogP contribution in [0.5, 0.6) is 17.2 Å². The number of carbonyl (C=O) groups is 2. The predicted molar refractivity (Wildman–Crippen MR) is 104 cm³/mol. The van der Waals surface area contributed by atoms with Crippen LogP contribution in [0.25, 0.3) is 0 Å². The van der Waals surface area contributed by atoms with Crippen molar-refractivity contribution in [3.63, 3.8) is 0 Å². The molecule has 3 rings (SSSR count). The molecule has 0 amide bonds. The summed E-state index contributed by atoms with van der Waals surface area (Å²) >= 11 is 0. The fourth-order valence-corrected chi connectivity index (χ4v) is 3.23. The number of Topliss-reactive ketones (excluding diaryl/α,β-unsaturated/α-hetero) is 2. The summed E-state index contributed by atoms with van der Waals surface area (Å²) in [5.74, 6) is 0.937. The predicted octanol–water partition coefficient (Wildman–Crippen LogP) is 4.53. The van der Waals surface area contributed by atoms with Crippen LogP contribution < -0.4 is 14.2 Å². The monoisotopic (exact) mass is 398 g/mol. The molecule has 0 bridgehead atoms. The van der Waals surface area contributed by atoms with Crippen molar-refractivity contribution in [1.29, 1.82) is 0 Å². The molecular weight excluding hydrogens is 376 g/mol. The molecule has 2 heterocycles. The summed E-state index contributed by atoms with van der Waals surface area (Å²) in [7, 11) is 4.56. The van der Waals surface area contributed by atoms with Crippen LogP contribution in [0, 0.1) is 0 Å². The molecule has 7 nitrogen and oxygen atoms in total. The highest BCUT2D eigenvalue weighted by Crippen LogP contribution is 2.42. The van der Waals surface area contributed by atoms with Crippen LogP contribution >= 0.6 is 0 Å². The molecular formula is C22H22O7. The molecule has 0 aliphatic rings. The minimum atomic E-state index is -0.527. The number of carbonyl (C=O) groups excluding carboxylic acids is 2. The zero-order valence-corrected chi connectivity index (χ0v) is 16.5. The van der Waals surface area contributed by atoms with Crippen LogP contribution in [0.3, 0.4) is 0 Å². The lowest BCUT2D eigenvalue weighted by molar-refractivity contribution is 0.0914. The van der Waals surface area contributed by atoms with Gasteiger partial charge in [-0.1, -0.05) is 0 Å². The van der Waals surface area contributed by atoms with Gasteiger partial charge in [0.1, 0.15) is 17.2 Å². The van der Waals surface area contributed by atoms with Crippen molar-refractivity contribution in [1.82, 2.24) is 0 Å². The zero-order valence-electron chi connectivity index (χ0n) is 16.5. The Kier molecular flexibility index (Phi) is 6.39. The second kappa shape index (κ2) is 9.14. The fraction of sp³-hybridized carbons (Fsp3) is 0.273. The lowest BCUT2D eigenvalue weighted by Gasteiger charge is -2.22. The first kappa shape index (κ1) is 20.3. The summed E-state index contributed by atoms with van der Waals surface area (Å²) < 4.78 is 26.8. The molecule has 152 valence electrons. The first-order valence-corrected chi connectivity index (χ1v) is 9.00. The van der Waals surface area contributed by atoms with Crippen molar-refractivity contribution in [3.8, 4) is 17.2 Å². The number of hydrogen-bond donors (Lipinski definition) is 0. The van der Waals surface area contributed by atoms with E-state index in [4.69, 9.17) is 23.0 Å². The molecule has 0 N–H and O–H groups in total. The third-order valence-corrected chi connectivity index (χ3v) is 4.62. The third-order valence-electron chi connectivity index (χ3n) is 4.62. The van der Waals surface area contributed by atoms with Gasteiger partial charge in [0.2, 0.25) is 0 Å². The second-order valence-electron chi connectivity index (χ2n) is 6.35. The molecule has 0 fully saturated rings. The van der Waals surface area contributed by atoms with Gasteiger partial charge in [-0.25, -0.2) is 0 Å². The summed E-state index contributed by atoms with van der Waals surface area (Å²) in [6.07, 6.45) is 2.92. The molecule has 0 atom stereocenters. The fourth-order valence-electron chi connectivity index (χ4n) is 3.23. The van der Waals surface area contributed by atoms with Crippen molar-refractivity contribution in [2.75, 3.05) is 21.3 Å². The van der Waals surface area contributed by atoms with Crippen LogP contribution in [0.4, 0.5) is 0 Å². The van der Waals surface area contributed by atoms with Crippen LogP contribution in [-0.2, 0) is 0 Å². The Bertz CT molecular complexity index is 882. The molecule has 2 aromatic heterocycles. The van der Waals surface area contributed by atoms with Gasteiger partial charge in [-0.15, -0.1) is 0 Å². The second-order valence-corrected chi connectivity index (χ2v) is 6.35. The van der Waals surface area contributed by atoms with Crippen molar-refractivity contribution in [2.45, 2.75) is 18.8 Å². The number of benzene rings is 1. The smallest absolute Gasteiger partial charge is 0.198 e. The SMILES string of the molecule is COc1cc(OC)c(C(CC(=O)c2ccco2)CC(=O)c2ccco2)c(OC)c1. The van der Waals surface area contributed by atoms with Crippen molar-refractivity contribution < 1.29 is 32.6 Å². The molecule has 0 aliphatic heterocycles. The Morgan fingerprint density at radius 2 is 1.31 bits per heavy atom. The summed E-state index contributed by atoms with van der Waals surface area (Å²) in [4.78, 5) is 25.5. The number of ketones is 2. The van der Waals surface area contributed by atoms with Crippen LogP contribution in [0.15, 0.2) is 57.8 Å². The standard InChI is InChI=1S/C22H22O7/c1-25-15-12-20(26-2)22(21(13-15)27-3)14(10-16(23)18-6-4-8-28-18)11-17(24)19-7-5-9-29-19/h4-9,12-14H,10-11H2,1-3H3. The van der Waals surface area contributed by atoms with E-state index in [1.807, 2.05) is 0 Å². The molecule has 0 saturated carbocycles. The Hall–Kier alpha value is -3.48. The average molecular weight is 398 g/mol. The quantitative estimate of drug-likeness (QED) is 0.464. The van der Waals surface area contributed by atoms with Gasteiger partial charge in [0, 0.05) is 36.5 Å². The molecule has 3 aromatic rings. The van der Waals surface area contributed by atoms with Crippen molar-refractivity contribution in [3.05, 3.63) is 66.0 Å². The number of furan rings is 2. The molecule has 0 radical (unpaired) electrons. The van der Waals surface area contributed by atoms with Crippen molar-refractivity contribution >= 4 is 11.6 Å². The van der Waals surface area contributed by atoms with Crippen molar-refractivity contribution in [2.24, 2.45) is 0 Å². The maximum atomic E-state index is 12.7. The summed E-state index contributed by atoms with van der Waals surface area (Å²) in [6.45, 7) is 0. The van der Waals surface area contributed by atoms with Gasteiger partial charge in [-0.3, -0.25) is 9.59 Å². The van der Waals surface area contributed by atoms with Gasteiger partial charge in [-0.05, 0) is 24.3 Å². The Labute approximate surface area is 168 Å². The average Bonchev–Trinajstić information content (AvgIpc) is 3.46. The highest BCUT2D eigenvalue weighted by Gasteiger charge is 2.29. The Morgan fingerprint density at radius 1 is 0.828 bits per heavy atom. The van der Waals surface area contributed by atoms with E-state index in [-0.39, 0.29) is 35.9 Å². The van der Waals surface area contributed by atoms with E-state index >= 15 is 0 Å². The van der Waals surface area contributed by atoms with Crippen LogP contribution in [0.2, 0.25) is 0 Å². The number of rotatable bonds is 10. The lowest BCUT2D eigenvalue weighted by Crippen LogP contribution is -2.14. The summed E-state index contributed by atoms with van der Waals surface area (Å²) in [5, 5.41) is 0. The van der Waals surface area contributed by atoms with Crippen LogP contribution in [0.1, 0.15) is 45.4 Å². The van der Waals surface area contributed by atoms with Gasteiger partial charge in [0.05, 0.1) is 33.9 Å². The maximum absolute atomic E-state index is 12.7.